The lowest BCUT2D eigenvalue weighted by Crippen LogP contribution is -2.44. The van der Waals surface area contributed by atoms with Crippen molar-refractivity contribution in [3.63, 3.8) is 0 Å². The van der Waals surface area contributed by atoms with E-state index < -0.39 is 0 Å². The number of nitrogens with one attached hydrogen (secondary N) is 1. The Morgan fingerprint density at radius 1 is 1.56 bits per heavy atom. The molecule has 0 saturated carbocycles. The van der Waals surface area contributed by atoms with Gasteiger partial charge in [0.1, 0.15) is 0 Å². The highest BCUT2D eigenvalue weighted by molar-refractivity contribution is 4.84. The summed E-state index contributed by atoms with van der Waals surface area (Å²) in [4.78, 5) is 6.55. The number of hydrogen-bond acceptors (Lipinski definition) is 5. The number of rotatable bonds is 4. The molecule has 1 aliphatic heterocycles. The summed E-state index contributed by atoms with van der Waals surface area (Å²) in [5.74, 6) is 1.45. The Morgan fingerprint density at radius 3 is 3.12 bits per heavy atom. The molecule has 0 bridgehead atoms. The molecular formula is C11H20N4O. The quantitative estimate of drug-likeness (QED) is 0.812. The number of likely N-dealkylation sites (N-methyl/N-ethyl adjacent to an activating group) is 1. The zero-order valence-corrected chi connectivity index (χ0v) is 10.1. The van der Waals surface area contributed by atoms with Crippen LogP contribution in [0, 0.1) is 6.92 Å². The van der Waals surface area contributed by atoms with Gasteiger partial charge in [-0.05, 0) is 33.4 Å². The van der Waals surface area contributed by atoms with Crippen LogP contribution in [0.2, 0.25) is 0 Å². The molecule has 1 fully saturated rings. The Morgan fingerprint density at radius 2 is 2.44 bits per heavy atom. The third kappa shape index (κ3) is 3.28. The van der Waals surface area contributed by atoms with Crippen LogP contribution in [0.1, 0.15) is 24.6 Å². The lowest BCUT2D eigenvalue weighted by Gasteiger charge is -2.30. The molecule has 0 amide bonds. The smallest absolute Gasteiger partial charge is 0.227 e. The Bertz CT molecular complexity index is 326. The Balaban J connectivity index is 1.67. The van der Waals surface area contributed by atoms with Crippen LogP contribution >= 0.6 is 0 Å². The molecule has 90 valence electrons. The van der Waals surface area contributed by atoms with Crippen LogP contribution in [-0.4, -0.2) is 47.8 Å². The van der Waals surface area contributed by atoms with Crippen molar-refractivity contribution in [3.05, 3.63) is 11.7 Å². The van der Waals surface area contributed by atoms with Crippen molar-refractivity contribution in [2.24, 2.45) is 0 Å². The van der Waals surface area contributed by atoms with Crippen LogP contribution < -0.4 is 5.32 Å². The molecule has 2 rings (SSSR count). The Labute approximate surface area is 96.2 Å². The van der Waals surface area contributed by atoms with E-state index in [4.69, 9.17) is 4.52 Å². The first kappa shape index (κ1) is 11.5. The first-order valence-corrected chi connectivity index (χ1v) is 5.95. The predicted octanol–water partition coefficient (Wildman–Crippen LogP) is 0.604. The van der Waals surface area contributed by atoms with Crippen molar-refractivity contribution in [2.45, 2.75) is 32.2 Å². The third-order valence-electron chi connectivity index (χ3n) is 2.97. The Kier molecular flexibility index (Phi) is 3.90. The summed E-state index contributed by atoms with van der Waals surface area (Å²) < 4.78 is 5.06. The molecule has 1 aromatic rings. The molecule has 1 aromatic heterocycles. The molecule has 1 N–H and O–H groups in total. The number of aromatic nitrogens is 2. The van der Waals surface area contributed by atoms with Crippen LogP contribution in [0.15, 0.2) is 4.52 Å². The SMILES string of the molecule is Cc1noc(CCNC2CCCN(C)C2)n1. The molecule has 1 atom stereocenters. The van der Waals surface area contributed by atoms with E-state index >= 15 is 0 Å². The van der Waals surface area contributed by atoms with Gasteiger partial charge in [0.15, 0.2) is 5.82 Å². The summed E-state index contributed by atoms with van der Waals surface area (Å²) >= 11 is 0. The van der Waals surface area contributed by atoms with E-state index in [0.29, 0.717) is 11.9 Å². The van der Waals surface area contributed by atoms with Crippen molar-refractivity contribution in [3.8, 4) is 0 Å². The number of aryl methyl sites for hydroxylation is 1. The molecule has 1 unspecified atom stereocenters. The summed E-state index contributed by atoms with van der Waals surface area (Å²) in [7, 11) is 2.18. The minimum atomic E-state index is 0.614. The minimum absolute atomic E-state index is 0.614. The topological polar surface area (TPSA) is 54.2 Å². The van der Waals surface area contributed by atoms with Crippen LogP contribution in [0.5, 0.6) is 0 Å². The van der Waals surface area contributed by atoms with Gasteiger partial charge in [-0.3, -0.25) is 0 Å². The molecular weight excluding hydrogens is 204 g/mol. The first-order chi connectivity index (χ1) is 7.74. The van der Waals surface area contributed by atoms with Gasteiger partial charge >= 0.3 is 0 Å². The monoisotopic (exact) mass is 224 g/mol. The summed E-state index contributed by atoms with van der Waals surface area (Å²) in [5, 5.41) is 7.31. The molecule has 0 aromatic carbocycles. The molecule has 0 radical (unpaired) electrons. The highest BCUT2D eigenvalue weighted by Gasteiger charge is 2.16. The molecule has 5 nitrogen and oxygen atoms in total. The van der Waals surface area contributed by atoms with Gasteiger partial charge in [-0.1, -0.05) is 5.16 Å². The van der Waals surface area contributed by atoms with E-state index in [9.17, 15) is 0 Å². The van der Waals surface area contributed by atoms with Gasteiger partial charge in [-0.2, -0.15) is 4.98 Å². The molecule has 5 heteroatoms. The molecule has 0 spiro atoms. The number of piperidine rings is 1. The van der Waals surface area contributed by atoms with Gasteiger partial charge < -0.3 is 14.7 Å². The molecule has 0 aliphatic carbocycles. The third-order valence-corrected chi connectivity index (χ3v) is 2.97. The van der Waals surface area contributed by atoms with Crippen molar-refractivity contribution >= 4 is 0 Å². The van der Waals surface area contributed by atoms with Gasteiger partial charge in [0, 0.05) is 25.6 Å². The van der Waals surface area contributed by atoms with Gasteiger partial charge in [-0.15, -0.1) is 0 Å². The fourth-order valence-corrected chi connectivity index (χ4v) is 2.16. The van der Waals surface area contributed by atoms with Crippen molar-refractivity contribution in [1.29, 1.82) is 0 Å². The van der Waals surface area contributed by atoms with Gasteiger partial charge in [-0.25, -0.2) is 0 Å². The molecule has 1 aliphatic rings. The molecule has 2 heterocycles. The second-order valence-electron chi connectivity index (χ2n) is 4.54. The zero-order valence-electron chi connectivity index (χ0n) is 10.1. The van der Waals surface area contributed by atoms with E-state index in [1.54, 1.807) is 0 Å². The van der Waals surface area contributed by atoms with Crippen LogP contribution in [-0.2, 0) is 6.42 Å². The fraction of sp³-hybridized carbons (Fsp3) is 0.818. The average molecular weight is 224 g/mol. The lowest BCUT2D eigenvalue weighted by atomic mass is 10.1. The minimum Gasteiger partial charge on any atom is -0.339 e. The maximum Gasteiger partial charge on any atom is 0.227 e. The van der Waals surface area contributed by atoms with Crippen molar-refractivity contribution in [2.75, 3.05) is 26.7 Å². The fourth-order valence-electron chi connectivity index (χ4n) is 2.16. The van der Waals surface area contributed by atoms with E-state index in [1.165, 1.54) is 19.4 Å². The summed E-state index contributed by atoms with van der Waals surface area (Å²) in [6.45, 7) is 5.13. The Hall–Kier alpha value is -0.940. The van der Waals surface area contributed by atoms with Gasteiger partial charge in [0.2, 0.25) is 5.89 Å². The van der Waals surface area contributed by atoms with Crippen molar-refractivity contribution < 1.29 is 4.52 Å². The maximum atomic E-state index is 5.06. The van der Waals surface area contributed by atoms with E-state index in [2.05, 4.69) is 27.4 Å². The number of likely N-dealkylation sites (tertiary alicyclic amines) is 1. The largest absolute Gasteiger partial charge is 0.339 e. The van der Waals surface area contributed by atoms with E-state index in [-0.39, 0.29) is 0 Å². The predicted molar refractivity (Wildman–Crippen MR) is 61.3 cm³/mol. The molecule has 16 heavy (non-hydrogen) atoms. The summed E-state index contributed by atoms with van der Waals surface area (Å²) in [6, 6.07) is 0.614. The highest BCUT2D eigenvalue weighted by atomic mass is 16.5. The molecule has 1 saturated heterocycles. The second kappa shape index (κ2) is 5.41. The van der Waals surface area contributed by atoms with Crippen LogP contribution in [0.3, 0.4) is 0 Å². The van der Waals surface area contributed by atoms with Gasteiger partial charge in [0.05, 0.1) is 0 Å². The first-order valence-electron chi connectivity index (χ1n) is 5.95. The zero-order chi connectivity index (χ0) is 11.4. The standard InChI is InChI=1S/C11H20N4O/c1-9-13-11(16-14-9)5-6-12-10-4-3-7-15(2)8-10/h10,12H,3-8H2,1-2H3. The van der Waals surface area contributed by atoms with Gasteiger partial charge in [0.25, 0.3) is 0 Å². The van der Waals surface area contributed by atoms with Crippen LogP contribution in [0.25, 0.3) is 0 Å². The van der Waals surface area contributed by atoms with Crippen molar-refractivity contribution in [1.82, 2.24) is 20.4 Å². The summed E-state index contributed by atoms with van der Waals surface area (Å²) in [6.07, 6.45) is 3.38. The highest BCUT2D eigenvalue weighted by Crippen LogP contribution is 2.07. The maximum absolute atomic E-state index is 5.06. The lowest BCUT2D eigenvalue weighted by molar-refractivity contribution is 0.227. The van der Waals surface area contributed by atoms with Crippen LogP contribution in [0.4, 0.5) is 0 Å². The number of hydrogen-bond donors (Lipinski definition) is 1. The summed E-state index contributed by atoms with van der Waals surface area (Å²) in [5.41, 5.74) is 0. The van der Waals surface area contributed by atoms with E-state index in [0.717, 1.165) is 25.4 Å². The van der Waals surface area contributed by atoms with E-state index in [1.807, 2.05) is 6.92 Å². The average Bonchev–Trinajstić information content (AvgIpc) is 2.64. The normalized spacial score (nSPS) is 22.5. The second-order valence-corrected chi connectivity index (χ2v) is 4.54. The number of nitrogens with zero attached hydrogens (tertiary/aromatic N) is 3.